The standard InChI is InChI=1S/C10H10N2OS/c13-3-1-8-10-7(2-4-14-10)9-5-11-6-12(8)9/h2,4-6,8,13H,1,3H2/t8-/m0/s1. The van der Waals surface area contributed by atoms with Gasteiger partial charge in [0, 0.05) is 17.0 Å². The molecule has 0 fully saturated rings. The lowest BCUT2D eigenvalue weighted by atomic mass is 10.1. The molecule has 14 heavy (non-hydrogen) atoms. The molecule has 1 aliphatic rings. The highest BCUT2D eigenvalue weighted by Crippen LogP contribution is 2.43. The van der Waals surface area contributed by atoms with Gasteiger partial charge in [-0.3, -0.25) is 0 Å². The summed E-state index contributed by atoms with van der Waals surface area (Å²) in [4.78, 5) is 5.50. The maximum atomic E-state index is 9.02. The molecule has 2 aromatic rings. The summed E-state index contributed by atoms with van der Waals surface area (Å²) in [5, 5.41) is 11.1. The number of hydrogen-bond donors (Lipinski definition) is 1. The van der Waals surface area contributed by atoms with E-state index in [1.807, 2.05) is 12.5 Å². The molecule has 0 aromatic carbocycles. The van der Waals surface area contributed by atoms with Gasteiger partial charge in [-0.15, -0.1) is 11.3 Å². The van der Waals surface area contributed by atoms with Crippen molar-refractivity contribution < 1.29 is 5.11 Å². The van der Waals surface area contributed by atoms with Crippen molar-refractivity contribution in [3.63, 3.8) is 0 Å². The number of aromatic nitrogens is 2. The lowest BCUT2D eigenvalue weighted by Crippen LogP contribution is -2.05. The minimum Gasteiger partial charge on any atom is -0.396 e. The molecule has 0 bridgehead atoms. The number of hydrogen-bond acceptors (Lipinski definition) is 3. The predicted octanol–water partition coefficient (Wildman–Crippen LogP) is 1.90. The maximum Gasteiger partial charge on any atom is 0.0957 e. The van der Waals surface area contributed by atoms with Gasteiger partial charge in [0.1, 0.15) is 0 Å². The Hall–Kier alpha value is -1.13. The van der Waals surface area contributed by atoms with Gasteiger partial charge in [0.15, 0.2) is 0 Å². The number of nitrogens with zero attached hydrogens (tertiary/aromatic N) is 2. The summed E-state index contributed by atoms with van der Waals surface area (Å²) in [6.45, 7) is 0.222. The Morgan fingerprint density at radius 1 is 1.57 bits per heavy atom. The highest BCUT2D eigenvalue weighted by molar-refractivity contribution is 7.10. The van der Waals surface area contributed by atoms with Crippen LogP contribution in [-0.4, -0.2) is 21.3 Å². The van der Waals surface area contributed by atoms with E-state index < -0.39 is 0 Å². The Morgan fingerprint density at radius 2 is 2.50 bits per heavy atom. The van der Waals surface area contributed by atoms with Gasteiger partial charge in [0.25, 0.3) is 0 Å². The van der Waals surface area contributed by atoms with Crippen LogP contribution in [-0.2, 0) is 0 Å². The van der Waals surface area contributed by atoms with Crippen molar-refractivity contribution in [3.05, 3.63) is 28.8 Å². The highest BCUT2D eigenvalue weighted by Gasteiger charge is 2.28. The van der Waals surface area contributed by atoms with Crippen molar-refractivity contribution in [2.24, 2.45) is 0 Å². The van der Waals surface area contributed by atoms with E-state index in [2.05, 4.69) is 21.0 Å². The molecule has 4 heteroatoms. The van der Waals surface area contributed by atoms with Crippen molar-refractivity contribution in [1.82, 2.24) is 9.55 Å². The Kier molecular flexibility index (Phi) is 1.72. The molecule has 0 spiro atoms. The maximum absolute atomic E-state index is 9.02. The normalized spacial score (nSPS) is 18.2. The zero-order valence-corrected chi connectivity index (χ0v) is 8.37. The molecule has 1 atom stereocenters. The Morgan fingerprint density at radius 3 is 3.36 bits per heavy atom. The number of fused-ring (bicyclic) bond motifs is 3. The largest absolute Gasteiger partial charge is 0.396 e. The average Bonchev–Trinajstić information content (AvgIpc) is 2.83. The molecule has 3 rings (SSSR count). The zero-order chi connectivity index (χ0) is 9.54. The van der Waals surface area contributed by atoms with E-state index in [9.17, 15) is 0 Å². The summed E-state index contributed by atoms with van der Waals surface area (Å²) >= 11 is 1.76. The van der Waals surface area contributed by atoms with E-state index >= 15 is 0 Å². The predicted molar refractivity (Wildman–Crippen MR) is 55.4 cm³/mol. The number of imidazole rings is 1. The topological polar surface area (TPSA) is 38.1 Å². The lowest BCUT2D eigenvalue weighted by Gasteiger charge is -2.10. The summed E-state index contributed by atoms with van der Waals surface area (Å²) in [6.07, 6.45) is 4.52. The summed E-state index contributed by atoms with van der Waals surface area (Å²) < 4.78 is 2.15. The van der Waals surface area contributed by atoms with Gasteiger partial charge < -0.3 is 9.67 Å². The van der Waals surface area contributed by atoms with Crippen LogP contribution in [0.4, 0.5) is 0 Å². The number of thiophene rings is 1. The first kappa shape index (κ1) is 8.20. The van der Waals surface area contributed by atoms with Gasteiger partial charge in [0.05, 0.1) is 24.3 Å². The molecular formula is C10H10N2OS. The Labute approximate surface area is 85.7 Å². The van der Waals surface area contributed by atoms with Crippen molar-refractivity contribution in [2.45, 2.75) is 12.5 Å². The molecule has 0 aliphatic carbocycles. The van der Waals surface area contributed by atoms with Gasteiger partial charge in [-0.2, -0.15) is 0 Å². The van der Waals surface area contributed by atoms with Crippen LogP contribution >= 0.6 is 11.3 Å². The van der Waals surface area contributed by atoms with Crippen LogP contribution in [0, 0.1) is 0 Å². The zero-order valence-electron chi connectivity index (χ0n) is 7.55. The quantitative estimate of drug-likeness (QED) is 0.815. The second-order valence-electron chi connectivity index (χ2n) is 3.41. The van der Waals surface area contributed by atoms with E-state index in [0.29, 0.717) is 6.04 Å². The van der Waals surface area contributed by atoms with Crippen LogP contribution in [0.3, 0.4) is 0 Å². The molecule has 1 N–H and O–H groups in total. The van der Waals surface area contributed by atoms with Crippen LogP contribution in [0.25, 0.3) is 11.3 Å². The van der Waals surface area contributed by atoms with Crippen molar-refractivity contribution in [2.75, 3.05) is 6.61 Å². The fraction of sp³-hybridized carbons (Fsp3) is 0.300. The summed E-state index contributed by atoms with van der Waals surface area (Å²) in [6, 6.07) is 2.43. The van der Waals surface area contributed by atoms with E-state index in [1.54, 1.807) is 11.3 Å². The van der Waals surface area contributed by atoms with E-state index in [1.165, 1.54) is 16.1 Å². The van der Waals surface area contributed by atoms with Crippen LogP contribution in [0.2, 0.25) is 0 Å². The minimum atomic E-state index is 0.222. The fourth-order valence-corrected chi connectivity index (χ4v) is 3.11. The van der Waals surface area contributed by atoms with Gasteiger partial charge in [-0.05, 0) is 17.9 Å². The van der Waals surface area contributed by atoms with Gasteiger partial charge >= 0.3 is 0 Å². The third-order valence-corrected chi connectivity index (χ3v) is 3.70. The molecule has 0 radical (unpaired) electrons. The molecule has 3 nitrogen and oxygen atoms in total. The van der Waals surface area contributed by atoms with E-state index in [-0.39, 0.29) is 6.61 Å². The molecular weight excluding hydrogens is 196 g/mol. The lowest BCUT2D eigenvalue weighted by molar-refractivity contribution is 0.271. The molecule has 0 saturated carbocycles. The fourth-order valence-electron chi connectivity index (χ4n) is 2.07. The monoisotopic (exact) mass is 206 g/mol. The van der Waals surface area contributed by atoms with Crippen LogP contribution in [0.5, 0.6) is 0 Å². The second-order valence-corrected chi connectivity index (χ2v) is 4.36. The molecule has 0 amide bonds. The number of rotatable bonds is 2. The van der Waals surface area contributed by atoms with Crippen molar-refractivity contribution >= 4 is 11.3 Å². The summed E-state index contributed by atoms with van der Waals surface area (Å²) in [5.74, 6) is 0. The van der Waals surface area contributed by atoms with Gasteiger partial charge in [-0.1, -0.05) is 0 Å². The van der Waals surface area contributed by atoms with Crippen LogP contribution in [0.15, 0.2) is 24.0 Å². The number of aliphatic hydroxyl groups is 1. The average molecular weight is 206 g/mol. The van der Waals surface area contributed by atoms with Crippen molar-refractivity contribution in [1.29, 1.82) is 0 Å². The Bertz CT molecular complexity index is 420. The summed E-state index contributed by atoms with van der Waals surface area (Å²) in [5.41, 5.74) is 2.46. The first-order chi connectivity index (χ1) is 6.92. The van der Waals surface area contributed by atoms with Gasteiger partial charge in [0.2, 0.25) is 0 Å². The Balaban J connectivity index is 2.17. The second kappa shape index (κ2) is 2.93. The molecule has 3 heterocycles. The highest BCUT2D eigenvalue weighted by atomic mass is 32.1. The number of aliphatic hydroxyl groups excluding tert-OH is 1. The molecule has 72 valence electrons. The van der Waals surface area contributed by atoms with Crippen molar-refractivity contribution in [3.8, 4) is 11.3 Å². The third kappa shape index (κ3) is 0.923. The first-order valence-corrected chi connectivity index (χ1v) is 5.50. The minimum absolute atomic E-state index is 0.222. The molecule has 0 unspecified atom stereocenters. The molecule has 0 saturated heterocycles. The van der Waals surface area contributed by atoms with E-state index in [0.717, 1.165) is 6.42 Å². The molecule has 1 aliphatic heterocycles. The van der Waals surface area contributed by atoms with Crippen LogP contribution in [0.1, 0.15) is 17.3 Å². The summed E-state index contributed by atoms with van der Waals surface area (Å²) in [7, 11) is 0. The first-order valence-electron chi connectivity index (χ1n) is 4.62. The SMILES string of the molecule is OCC[C@H]1c2sccc2-c2cncn21. The van der Waals surface area contributed by atoms with Gasteiger partial charge in [-0.25, -0.2) is 4.98 Å². The third-order valence-electron chi connectivity index (χ3n) is 2.68. The molecule has 2 aromatic heterocycles. The smallest absolute Gasteiger partial charge is 0.0957 e. The van der Waals surface area contributed by atoms with E-state index in [4.69, 9.17) is 5.11 Å². The van der Waals surface area contributed by atoms with Crippen LogP contribution < -0.4 is 0 Å².